The van der Waals surface area contributed by atoms with E-state index in [1.54, 1.807) is 45.8 Å². The predicted molar refractivity (Wildman–Crippen MR) is 307 cm³/mol. The van der Waals surface area contributed by atoms with Gasteiger partial charge in [0.25, 0.3) is 6.33 Å². The van der Waals surface area contributed by atoms with Gasteiger partial charge in [0.1, 0.15) is 5.82 Å². The van der Waals surface area contributed by atoms with E-state index in [2.05, 4.69) is 138 Å². The number of para-hydroxylation sites is 3. The summed E-state index contributed by atoms with van der Waals surface area (Å²) in [7, 11) is 0. The van der Waals surface area contributed by atoms with E-state index in [9.17, 15) is 4.11 Å². The molecule has 0 spiro atoms. The molecule has 0 atom stereocenters. The van der Waals surface area contributed by atoms with Crippen molar-refractivity contribution in [3.63, 3.8) is 0 Å². The van der Waals surface area contributed by atoms with Gasteiger partial charge in [0, 0.05) is 73.1 Å². The van der Waals surface area contributed by atoms with Crippen molar-refractivity contribution in [1.82, 2.24) is 23.7 Å². The number of hydrogen-bond acceptors (Lipinski definition) is 3. The molecule has 5 heterocycles. The zero-order valence-corrected chi connectivity index (χ0v) is 44.0. The van der Waals surface area contributed by atoms with Crippen LogP contribution >= 0.6 is 0 Å². The summed E-state index contributed by atoms with van der Waals surface area (Å²) in [6.07, 6.45) is 8.81. The van der Waals surface area contributed by atoms with E-state index < -0.39 is 42.3 Å². The van der Waals surface area contributed by atoms with Crippen LogP contribution in [0, 0.1) is 18.5 Å². The van der Waals surface area contributed by atoms with Crippen LogP contribution in [-0.4, -0.2) is 23.7 Å². The molecule has 0 aliphatic heterocycles. The fourth-order valence-electron chi connectivity index (χ4n) is 10.5. The van der Waals surface area contributed by atoms with Gasteiger partial charge in [-0.05, 0) is 110 Å². The van der Waals surface area contributed by atoms with Gasteiger partial charge in [0.05, 0.1) is 40.1 Å². The quantitative estimate of drug-likeness (QED) is 0.107. The number of ether oxygens (including phenoxy) is 1. The fraction of sp³-hybridized carbons (Fsp3) is 0.0580. The maximum atomic E-state index is 9.20. The van der Waals surface area contributed by atoms with E-state index in [0.29, 0.717) is 28.2 Å². The molecule has 0 amide bonds. The maximum Gasteiger partial charge on any atom is 0.268 e. The number of pyridine rings is 2. The number of rotatable bonds is 9. The molecule has 77 heavy (non-hydrogen) atoms. The number of aromatic nitrogens is 6. The topological polar surface area (TPSA) is 53.7 Å². The largest absolute Gasteiger partial charge is 0.510 e. The predicted octanol–water partition coefficient (Wildman–Crippen LogP) is 16.4. The first-order chi connectivity index (χ1) is 41.0. The minimum Gasteiger partial charge on any atom is -0.510 e. The van der Waals surface area contributed by atoms with Crippen molar-refractivity contribution in [1.29, 1.82) is 0 Å². The second kappa shape index (κ2) is 19.2. The van der Waals surface area contributed by atoms with Gasteiger partial charge in [0.2, 0.25) is 0 Å². The van der Waals surface area contributed by atoms with Gasteiger partial charge >= 0.3 is 0 Å². The van der Waals surface area contributed by atoms with Crippen LogP contribution in [0.15, 0.2) is 237 Å². The summed E-state index contributed by atoms with van der Waals surface area (Å²) in [6.45, 7) is 6.55. The van der Waals surface area contributed by atoms with Gasteiger partial charge in [0.15, 0.2) is 0 Å². The van der Waals surface area contributed by atoms with E-state index in [1.165, 1.54) is 16.8 Å². The molecule has 0 N–H and O–H groups in total. The summed E-state index contributed by atoms with van der Waals surface area (Å²) >= 11 is 0. The van der Waals surface area contributed by atoms with E-state index in [1.807, 2.05) is 54.7 Å². The molecule has 0 unspecified atom stereocenters. The SMILES string of the molecule is [2H]c1cc(-c2cccc(-c3c([2H])c([2H])c([2H])c([2H])c3[2H])c2-[n+]2[c-]n(-c3[c-]c(Oc4[c-]c5c(cc4)c4cc(-n6c7ccccc7c7ccccc76)ccc4n5-c4cc(C(C)(C)C)ccn4)ccc3)c3ccc(-c4cccnc4)cc32)c([2H])c([2H])c1[2H].[Pt]. The Balaban J connectivity index is 0.00000686. The molecule has 0 fully saturated rings. The molecule has 0 radical (unpaired) electrons. The summed E-state index contributed by atoms with van der Waals surface area (Å²) in [5.74, 6) is 1.51. The van der Waals surface area contributed by atoms with Gasteiger partial charge in [-0.15, -0.1) is 29.7 Å². The van der Waals surface area contributed by atoms with Crippen molar-refractivity contribution in [3.8, 4) is 67.8 Å². The molecular weight excluding hydrogens is 1120 g/mol. The Morgan fingerprint density at radius 2 is 1.25 bits per heavy atom. The molecule has 0 aliphatic rings. The van der Waals surface area contributed by atoms with E-state index in [0.717, 1.165) is 61.0 Å². The monoisotopic (exact) mass is 1180 g/mol. The first-order valence-electron chi connectivity index (χ1n) is 29.4. The molecular formula is C69H48N6OPt-2. The standard InChI is InChI=1S/C69H48N6O.Pt/c1-69(2,3)50-36-38-71-67(40-50)75-63-35-31-52(74-61-28-12-10-24-57(61)58-25-11-13-29-62(58)74)42-60(63)59-33-32-54(43-65(59)75)76-53-23-14-22-51(41-53)72-45-73(66-39-48(30-34-64(66)72)49-21-16-37-70-44-49)68-55(46-17-6-4-7-18-46)26-15-27-56(68)47-19-8-5-9-20-47;/h4-40,42,44H,1-3H3;/q-2;/i4D,5D,6D,7D,8D,9D,17D,18D,19D;. The summed E-state index contributed by atoms with van der Waals surface area (Å²) < 4.78 is 94.1. The van der Waals surface area contributed by atoms with Crippen molar-refractivity contribution in [3.05, 3.63) is 261 Å². The second-order valence-corrected chi connectivity index (χ2v) is 19.6. The van der Waals surface area contributed by atoms with Crippen molar-refractivity contribution in [2.24, 2.45) is 0 Å². The third-order valence-corrected chi connectivity index (χ3v) is 14.0. The number of benzene rings is 9. The third-order valence-electron chi connectivity index (χ3n) is 14.0. The molecule has 0 saturated heterocycles. The van der Waals surface area contributed by atoms with Gasteiger partial charge in [-0.1, -0.05) is 160 Å². The molecule has 9 aromatic carbocycles. The molecule has 7 nitrogen and oxygen atoms in total. The van der Waals surface area contributed by atoms with E-state index in [4.69, 9.17) is 17.9 Å². The molecule has 14 aromatic rings. The summed E-state index contributed by atoms with van der Waals surface area (Å²) in [5, 5.41) is 4.30. The minimum absolute atomic E-state index is 0. The number of imidazole rings is 1. The van der Waals surface area contributed by atoms with E-state index in [-0.39, 0.29) is 66.5 Å². The average Bonchev–Trinajstić information content (AvgIpc) is 1.56. The Morgan fingerprint density at radius 1 is 0.532 bits per heavy atom. The zero-order valence-electron chi connectivity index (χ0n) is 50.7. The van der Waals surface area contributed by atoms with Crippen LogP contribution in [0.3, 0.4) is 0 Å². The van der Waals surface area contributed by atoms with Gasteiger partial charge < -0.3 is 18.4 Å². The molecule has 8 heteroatoms. The first-order valence-corrected chi connectivity index (χ1v) is 24.9. The summed E-state index contributed by atoms with van der Waals surface area (Å²) in [6, 6.07) is 56.1. The Hall–Kier alpha value is -9.16. The Labute approximate surface area is 473 Å². The van der Waals surface area contributed by atoms with Crippen molar-refractivity contribution < 1.29 is 42.7 Å². The van der Waals surface area contributed by atoms with Crippen molar-refractivity contribution in [2.75, 3.05) is 0 Å². The van der Waals surface area contributed by atoms with Crippen LogP contribution in [0.25, 0.3) is 111 Å². The smallest absolute Gasteiger partial charge is 0.268 e. The molecule has 0 aliphatic carbocycles. The molecule has 5 aromatic heterocycles. The van der Waals surface area contributed by atoms with Crippen molar-refractivity contribution >= 4 is 54.6 Å². The Kier molecular flexibility index (Phi) is 9.58. The second-order valence-electron chi connectivity index (χ2n) is 19.6. The van der Waals surface area contributed by atoms with Crippen LogP contribution in [0.2, 0.25) is 0 Å². The van der Waals surface area contributed by atoms with Gasteiger partial charge in [-0.3, -0.25) is 9.55 Å². The van der Waals surface area contributed by atoms with Crippen LogP contribution < -0.4 is 9.30 Å². The summed E-state index contributed by atoms with van der Waals surface area (Å²) in [5.41, 5.74) is 9.86. The molecule has 372 valence electrons. The fourth-order valence-corrected chi connectivity index (χ4v) is 10.5. The third kappa shape index (κ3) is 8.31. The first kappa shape index (κ1) is 38.4. The number of nitrogens with zero attached hydrogens (tertiary/aromatic N) is 6. The average molecular weight is 1180 g/mol. The van der Waals surface area contributed by atoms with Crippen LogP contribution in [0.4, 0.5) is 0 Å². The molecule has 0 saturated carbocycles. The van der Waals surface area contributed by atoms with Gasteiger partial charge in [-0.2, -0.15) is 18.2 Å². The van der Waals surface area contributed by atoms with Gasteiger partial charge in [-0.25, -0.2) is 4.98 Å². The Morgan fingerprint density at radius 3 is 2.03 bits per heavy atom. The minimum atomic E-state index is -0.559. The van der Waals surface area contributed by atoms with Crippen LogP contribution in [0.1, 0.15) is 38.7 Å². The van der Waals surface area contributed by atoms with Crippen molar-refractivity contribution in [2.45, 2.75) is 26.2 Å². The van der Waals surface area contributed by atoms with E-state index >= 15 is 0 Å². The van der Waals surface area contributed by atoms with Crippen LogP contribution in [-0.2, 0) is 26.5 Å². The van der Waals surface area contributed by atoms with Crippen LogP contribution in [0.5, 0.6) is 11.5 Å². The zero-order chi connectivity index (χ0) is 58.7. The number of fused-ring (bicyclic) bond motifs is 7. The molecule has 14 rings (SSSR count). The Bertz CT molecular complexity index is 5030. The summed E-state index contributed by atoms with van der Waals surface area (Å²) in [4.78, 5) is 9.35. The normalized spacial score (nSPS) is 13.4. The molecule has 0 bridgehead atoms. The number of hydrogen-bond donors (Lipinski definition) is 0. The maximum absolute atomic E-state index is 9.20.